The van der Waals surface area contributed by atoms with Crippen molar-refractivity contribution in [3.8, 4) is 0 Å². The molecule has 2 rings (SSSR count). The van der Waals surface area contributed by atoms with Gasteiger partial charge in [-0.25, -0.2) is 5.01 Å². The van der Waals surface area contributed by atoms with Gasteiger partial charge in [0, 0.05) is 18.8 Å². The molecular weight excluding hydrogens is 172 g/mol. The third-order valence-corrected chi connectivity index (χ3v) is 3.05. The molecule has 1 aromatic rings. The Morgan fingerprint density at radius 1 is 1.07 bits per heavy atom. The van der Waals surface area contributed by atoms with Crippen LogP contribution in [-0.4, -0.2) is 18.1 Å². The molecule has 0 spiro atoms. The summed E-state index contributed by atoms with van der Waals surface area (Å²) in [5, 5.41) is 2.31. The lowest BCUT2D eigenvalue weighted by Crippen LogP contribution is -2.27. The highest BCUT2D eigenvalue weighted by atomic mass is 15.5. The molecule has 1 heterocycles. The SMILES string of the molecule is CC1CN(Nc2ccccc2)CC1C. The molecule has 1 aliphatic rings. The Kier molecular flexibility index (Phi) is 2.73. The van der Waals surface area contributed by atoms with Crippen LogP contribution in [-0.2, 0) is 0 Å². The van der Waals surface area contributed by atoms with Crippen LogP contribution in [0, 0.1) is 11.8 Å². The van der Waals surface area contributed by atoms with E-state index in [-0.39, 0.29) is 0 Å². The van der Waals surface area contributed by atoms with Crippen molar-refractivity contribution >= 4 is 5.69 Å². The van der Waals surface area contributed by atoms with E-state index in [0.717, 1.165) is 24.9 Å². The number of hydrazine groups is 1. The van der Waals surface area contributed by atoms with E-state index in [4.69, 9.17) is 0 Å². The second kappa shape index (κ2) is 4.01. The number of hydrogen-bond donors (Lipinski definition) is 1. The largest absolute Gasteiger partial charge is 0.319 e. The molecular formula is C12H18N2. The first-order valence-corrected chi connectivity index (χ1v) is 5.32. The molecule has 14 heavy (non-hydrogen) atoms. The molecule has 2 heteroatoms. The molecule has 2 nitrogen and oxygen atoms in total. The average molecular weight is 190 g/mol. The molecule has 76 valence electrons. The van der Waals surface area contributed by atoms with Crippen LogP contribution < -0.4 is 5.43 Å². The molecule has 0 aromatic heterocycles. The van der Waals surface area contributed by atoms with Crippen molar-refractivity contribution in [1.82, 2.24) is 5.01 Å². The Morgan fingerprint density at radius 2 is 1.64 bits per heavy atom. The van der Waals surface area contributed by atoms with E-state index in [2.05, 4.69) is 48.5 Å². The Hall–Kier alpha value is -1.02. The normalized spacial score (nSPS) is 27.9. The maximum atomic E-state index is 3.44. The van der Waals surface area contributed by atoms with Gasteiger partial charge < -0.3 is 5.43 Å². The summed E-state index contributed by atoms with van der Waals surface area (Å²) < 4.78 is 0. The number of hydrogen-bond acceptors (Lipinski definition) is 2. The lowest BCUT2D eigenvalue weighted by molar-refractivity contribution is 0.391. The second-order valence-corrected chi connectivity index (χ2v) is 4.34. The smallest absolute Gasteiger partial charge is 0.0490 e. The summed E-state index contributed by atoms with van der Waals surface area (Å²) in [6, 6.07) is 10.4. The molecule has 0 amide bonds. The van der Waals surface area contributed by atoms with E-state index < -0.39 is 0 Å². The zero-order valence-corrected chi connectivity index (χ0v) is 8.90. The number of para-hydroxylation sites is 1. The topological polar surface area (TPSA) is 15.3 Å². The fourth-order valence-corrected chi connectivity index (χ4v) is 1.92. The number of benzene rings is 1. The van der Waals surface area contributed by atoms with Crippen molar-refractivity contribution in [3.05, 3.63) is 30.3 Å². The standard InChI is InChI=1S/C12H18N2/c1-10-8-14(9-11(10)2)13-12-6-4-3-5-7-12/h3-7,10-11,13H,8-9H2,1-2H3. The summed E-state index contributed by atoms with van der Waals surface area (Å²) in [6.45, 7) is 6.93. The van der Waals surface area contributed by atoms with E-state index in [9.17, 15) is 0 Å². The number of nitrogens with one attached hydrogen (secondary N) is 1. The van der Waals surface area contributed by atoms with Crippen LogP contribution >= 0.6 is 0 Å². The summed E-state index contributed by atoms with van der Waals surface area (Å²) in [4.78, 5) is 0. The highest BCUT2D eigenvalue weighted by Crippen LogP contribution is 2.22. The van der Waals surface area contributed by atoms with Crippen LogP contribution in [0.2, 0.25) is 0 Å². The minimum Gasteiger partial charge on any atom is -0.319 e. The van der Waals surface area contributed by atoms with E-state index >= 15 is 0 Å². The highest BCUT2D eigenvalue weighted by molar-refractivity contribution is 5.41. The molecule has 1 saturated heterocycles. The van der Waals surface area contributed by atoms with Gasteiger partial charge in [0.2, 0.25) is 0 Å². The van der Waals surface area contributed by atoms with E-state index in [1.54, 1.807) is 0 Å². The Balaban J connectivity index is 1.94. The third-order valence-electron chi connectivity index (χ3n) is 3.05. The summed E-state index contributed by atoms with van der Waals surface area (Å²) >= 11 is 0. The third kappa shape index (κ3) is 2.07. The van der Waals surface area contributed by atoms with Gasteiger partial charge in [0.15, 0.2) is 0 Å². The molecule has 0 radical (unpaired) electrons. The first-order valence-electron chi connectivity index (χ1n) is 5.32. The van der Waals surface area contributed by atoms with Gasteiger partial charge >= 0.3 is 0 Å². The molecule has 1 N–H and O–H groups in total. The molecule has 2 unspecified atom stereocenters. The summed E-state index contributed by atoms with van der Waals surface area (Å²) in [6.07, 6.45) is 0. The first kappa shape index (κ1) is 9.53. The van der Waals surface area contributed by atoms with Crippen molar-refractivity contribution in [3.63, 3.8) is 0 Å². The van der Waals surface area contributed by atoms with Crippen LogP contribution in [0.5, 0.6) is 0 Å². The van der Waals surface area contributed by atoms with Crippen molar-refractivity contribution in [2.24, 2.45) is 11.8 Å². The highest BCUT2D eigenvalue weighted by Gasteiger charge is 2.25. The zero-order valence-electron chi connectivity index (χ0n) is 8.90. The number of nitrogens with zero attached hydrogens (tertiary/aromatic N) is 1. The fourth-order valence-electron chi connectivity index (χ4n) is 1.92. The molecule has 0 aliphatic carbocycles. The van der Waals surface area contributed by atoms with E-state index in [0.29, 0.717) is 0 Å². The van der Waals surface area contributed by atoms with Gasteiger partial charge in [0.25, 0.3) is 0 Å². The van der Waals surface area contributed by atoms with Gasteiger partial charge in [-0.05, 0) is 24.0 Å². The summed E-state index contributed by atoms with van der Waals surface area (Å²) in [5.41, 5.74) is 4.62. The van der Waals surface area contributed by atoms with Gasteiger partial charge in [-0.15, -0.1) is 0 Å². The molecule has 1 aliphatic heterocycles. The maximum Gasteiger partial charge on any atom is 0.0490 e. The number of rotatable bonds is 2. The van der Waals surface area contributed by atoms with E-state index in [1.807, 2.05) is 6.07 Å². The predicted octanol–water partition coefficient (Wildman–Crippen LogP) is 2.60. The van der Waals surface area contributed by atoms with Crippen LogP contribution in [0.1, 0.15) is 13.8 Å². The zero-order chi connectivity index (χ0) is 9.97. The Labute approximate surface area is 85.9 Å². The van der Waals surface area contributed by atoms with E-state index in [1.165, 1.54) is 5.69 Å². The summed E-state index contributed by atoms with van der Waals surface area (Å²) in [7, 11) is 0. The number of anilines is 1. The fraction of sp³-hybridized carbons (Fsp3) is 0.500. The average Bonchev–Trinajstić information content (AvgIpc) is 2.47. The first-order chi connectivity index (χ1) is 6.75. The van der Waals surface area contributed by atoms with Crippen molar-refractivity contribution in [2.45, 2.75) is 13.8 Å². The molecule has 0 bridgehead atoms. The molecule has 0 saturated carbocycles. The summed E-state index contributed by atoms with van der Waals surface area (Å²) in [5.74, 6) is 1.59. The second-order valence-electron chi connectivity index (χ2n) is 4.34. The minimum absolute atomic E-state index is 0.797. The molecule has 1 fully saturated rings. The van der Waals surface area contributed by atoms with Gasteiger partial charge in [-0.2, -0.15) is 0 Å². The monoisotopic (exact) mass is 190 g/mol. The molecule has 2 atom stereocenters. The Morgan fingerprint density at radius 3 is 2.21 bits per heavy atom. The van der Waals surface area contributed by atoms with Crippen LogP contribution in [0.25, 0.3) is 0 Å². The van der Waals surface area contributed by atoms with Gasteiger partial charge in [-0.1, -0.05) is 32.0 Å². The Bertz CT molecular complexity index is 274. The lowest BCUT2D eigenvalue weighted by atomic mass is 10.0. The van der Waals surface area contributed by atoms with Crippen LogP contribution in [0.3, 0.4) is 0 Å². The van der Waals surface area contributed by atoms with Gasteiger partial charge in [-0.3, -0.25) is 0 Å². The van der Waals surface area contributed by atoms with Crippen molar-refractivity contribution < 1.29 is 0 Å². The van der Waals surface area contributed by atoms with Crippen molar-refractivity contribution in [1.29, 1.82) is 0 Å². The van der Waals surface area contributed by atoms with Crippen molar-refractivity contribution in [2.75, 3.05) is 18.5 Å². The minimum atomic E-state index is 0.797. The predicted molar refractivity (Wildman–Crippen MR) is 60.0 cm³/mol. The van der Waals surface area contributed by atoms with Gasteiger partial charge in [0.1, 0.15) is 0 Å². The quantitative estimate of drug-likeness (QED) is 0.771. The van der Waals surface area contributed by atoms with Crippen LogP contribution in [0.4, 0.5) is 5.69 Å². The molecule has 1 aromatic carbocycles. The maximum absolute atomic E-state index is 3.44. The van der Waals surface area contributed by atoms with Crippen LogP contribution in [0.15, 0.2) is 30.3 Å². The van der Waals surface area contributed by atoms with Gasteiger partial charge in [0.05, 0.1) is 0 Å². The lowest BCUT2D eigenvalue weighted by Gasteiger charge is -2.18.